The van der Waals surface area contributed by atoms with Crippen LogP contribution in [0.25, 0.3) is 44.2 Å². The topological polar surface area (TPSA) is 105 Å². The van der Waals surface area contributed by atoms with Crippen molar-refractivity contribution in [2.24, 2.45) is 0 Å². The molecular formula is C35H35N5O3. The Balaban J connectivity index is 1.31. The van der Waals surface area contributed by atoms with E-state index in [1.807, 2.05) is 82.4 Å². The molecule has 3 aromatic heterocycles. The van der Waals surface area contributed by atoms with Gasteiger partial charge in [-0.3, -0.25) is 10.1 Å². The number of H-pyrrole nitrogens is 2. The highest BCUT2D eigenvalue weighted by molar-refractivity contribution is 5.90. The molecule has 0 aliphatic carbocycles. The molecule has 0 bridgehead atoms. The van der Waals surface area contributed by atoms with Gasteiger partial charge >= 0.3 is 6.09 Å². The molecule has 0 fully saturated rings. The average molecular weight is 574 g/mol. The fourth-order valence-electron chi connectivity index (χ4n) is 5.26. The van der Waals surface area contributed by atoms with Gasteiger partial charge < -0.3 is 19.8 Å². The third-order valence-electron chi connectivity index (χ3n) is 7.28. The van der Waals surface area contributed by atoms with Crippen LogP contribution >= 0.6 is 0 Å². The van der Waals surface area contributed by atoms with Crippen LogP contribution in [-0.2, 0) is 11.2 Å². The van der Waals surface area contributed by atoms with Crippen LogP contribution in [0, 0.1) is 6.92 Å². The van der Waals surface area contributed by atoms with Gasteiger partial charge in [0.25, 0.3) is 0 Å². The van der Waals surface area contributed by atoms with E-state index in [2.05, 4.69) is 50.8 Å². The van der Waals surface area contributed by atoms with Crippen LogP contribution in [0.4, 0.5) is 4.79 Å². The fourth-order valence-corrected chi connectivity index (χ4v) is 5.26. The Labute approximate surface area is 250 Å². The van der Waals surface area contributed by atoms with Crippen molar-refractivity contribution in [1.29, 1.82) is 0 Å². The number of aromatic amines is 2. The molecule has 0 saturated carbocycles. The molecule has 6 rings (SSSR count). The maximum absolute atomic E-state index is 12.8. The molecule has 8 heteroatoms. The van der Waals surface area contributed by atoms with E-state index in [-0.39, 0.29) is 12.6 Å². The van der Waals surface area contributed by atoms with Crippen molar-refractivity contribution in [3.05, 3.63) is 103 Å². The number of para-hydroxylation sites is 1. The summed E-state index contributed by atoms with van der Waals surface area (Å²) in [6.07, 6.45) is 3.80. The predicted octanol–water partition coefficient (Wildman–Crippen LogP) is 7.60. The number of hydrogen-bond donors (Lipinski definition) is 3. The number of rotatable bonds is 8. The maximum atomic E-state index is 12.8. The number of carbonyl (C=O) groups is 1. The van der Waals surface area contributed by atoms with Crippen molar-refractivity contribution < 1.29 is 14.3 Å². The zero-order chi connectivity index (χ0) is 30.0. The van der Waals surface area contributed by atoms with E-state index in [4.69, 9.17) is 14.5 Å². The zero-order valence-electron chi connectivity index (χ0n) is 24.8. The van der Waals surface area contributed by atoms with Crippen LogP contribution < -0.4 is 10.1 Å². The minimum atomic E-state index is -0.614. The molecule has 0 aliphatic heterocycles. The lowest BCUT2D eigenvalue weighted by Crippen LogP contribution is -2.43. The number of hydrogen-bond acceptors (Lipinski definition) is 5. The maximum Gasteiger partial charge on any atom is 0.408 e. The second-order valence-electron chi connectivity index (χ2n) is 11.7. The van der Waals surface area contributed by atoms with E-state index in [0.717, 1.165) is 55.4 Å². The minimum Gasteiger partial charge on any atom is -0.490 e. The Morgan fingerprint density at radius 3 is 2.56 bits per heavy atom. The summed E-state index contributed by atoms with van der Waals surface area (Å²) in [6, 6.07) is 26.1. The van der Waals surface area contributed by atoms with Crippen LogP contribution in [-0.4, -0.2) is 44.5 Å². The summed E-state index contributed by atoms with van der Waals surface area (Å²) < 4.78 is 11.9. The minimum absolute atomic E-state index is 0.227. The smallest absolute Gasteiger partial charge is 0.408 e. The van der Waals surface area contributed by atoms with Gasteiger partial charge in [-0.2, -0.15) is 5.10 Å². The summed E-state index contributed by atoms with van der Waals surface area (Å²) in [5.41, 5.74) is 7.26. The standard InChI is InChI=1S/C35H35N5O3/c1-22-29-17-24(14-15-32(29)40-39-22)30-18-27(20-37-33(30)23-10-6-5-7-11-23)42-21-26(38-34(41)43-35(2,3)4)16-25-19-36-31-13-9-8-12-28(25)31/h5-15,17-20,26,36H,16,21H2,1-4H3,(H,38,41)(H,39,40)/t26-/m0/s1. The summed E-state index contributed by atoms with van der Waals surface area (Å²) in [7, 11) is 0. The normalized spacial score (nSPS) is 12.4. The van der Waals surface area contributed by atoms with Crippen LogP contribution in [0.15, 0.2) is 91.3 Å². The molecule has 1 atom stereocenters. The van der Waals surface area contributed by atoms with Crippen LogP contribution in [0.1, 0.15) is 32.0 Å². The summed E-state index contributed by atoms with van der Waals surface area (Å²) >= 11 is 0. The molecule has 1 amide bonds. The molecule has 0 radical (unpaired) electrons. The van der Waals surface area contributed by atoms with E-state index in [1.54, 1.807) is 6.20 Å². The predicted molar refractivity (Wildman–Crippen MR) is 170 cm³/mol. The highest BCUT2D eigenvalue weighted by Gasteiger charge is 2.22. The number of aryl methyl sites for hydroxylation is 1. The summed E-state index contributed by atoms with van der Waals surface area (Å²) in [6.45, 7) is 7.79. The monoisotopic (exact) mass is 573 g/mol. The Morgan fingerprint density at radius 2 is 1.74 bits per heavy atom. The molecule has 3 heterocycles. The van der Waals surface area contributed by atoms with Crippen LogP contribution in [0.2, 0.25) is 0 Å². The molecule has 0 unspecified atom stereocenters. The van der Waals surface area contributed by atoms with Crippen molar-refractivity contribution in [3.63, 3.8) is 0 Å². The first-order chi connectivity index (χ1) is 20.7. The Hall–Kier alpha value is -5.11. The third kappa shape index (κ3) is 6.38. The number of nitrogens with one attached hydrogen (secondary N) is 3. The third-order valence-corrected chi connectivity index (χ3v) is 7.28. The number of alkyl carbamates (subject to hydrolysis) is 1. The van der Waals surface area contributed by atoms with Gasteiger partial charge in [-0.15, -0.1) is 0 Å². The van der Waals surface area contributed by atoms with E-state index >= 15 is 0 Å². The van der Waals surface area contributed by atoms with Gasteiger partial charge in [0.1, 0.15) is 18.0 Å². The first-order valence-electron chi connectivity index (χ1n) is 14.4. The van der Waals surface area contributed by atoms with Crippen molar-refractivity contribution in [2.45, 2.75) is 45.8 Å². The average Bonchev–Trinajstić information content (AvgIpc) is 3.58. The highest BCUT2D eigenvalue weighted by atomic mass is 16.6. The lowest BCUT2D eigenvalue weighted by molar-refractivity contribution is 0.0488. The highest BCUT2D eigenvalue weighted by Crippen LogP contribution is 2.35. The number of carbonyl (C=O) groups excluding carboxylic acids is 1. The van der Waals surface area contributed by atoms with Gasteiger partial charge in [0.2, 0.25) is 0 Å². The van der Waals surface area contributed by atoms with Crippen molar-refractivity contribution in [3.8, 4) is 28.1 Å². The fraction of sp³-hybridized carbons (Fsp3) is 0.229. The van der Waals surface area contributed by atoms with Crippen molar-refractivity contribution in [2.75, 3.05) is 6.61 Å². The van der Waals surface area contributed by atoms with Gasteiger partial charge in [0.05, 0.1) is 23.4 Å². The molecule has 3 N–H and O–H groups in total. The SMILES string of the molecule is Cc1[nH]nc2ccc(-c3cc(OC[C@H](Cc4c[nH]c5ccccc45)NC(=O)OC(C)(C)C)cnc3-c3ccccc3)cc12. The molecule has 8 nitrogen and oxygen atoms in total. The van der Waals surface area contributed by atoms with E-state index in [9.17, 15) is 4.79 Å². The number of amides is 1. The van der Waals surface area contributed by atoms with Gasteiger partial charge in [-0.25, -0.2) is 4.79 Å². The molecule has 3 aromatic carbocycles. The summed E-state index contributed by atoms with van der Waals surface area (Å²) in [5, 5.41) is 12.6. The number of nitrogens with zero attached hydrogens (tertiary/aromatic N) is 2. The summed E-state index contributed by atoms with van der Waals surface area (Å²) in [5.74, 6) is 0.605. The quantitative estimate of drug-likeness (QED) is 0.174. The summed E-state index contributed by atoms with van der Waals surface area (Å²) in [4.78, 5) is 21.0. The Bertz CT molecular complexity index is 1880. The van der Waals surface area contributed by atoms with E-state index in [1.165, 1.54) is 0 Å². The number of aromatic nitrogens is 4. The number of benzene rings is 3. The van der Waals surface area contributed by atoms with E-state index in [0.29, 0.717) is 12.2 Å². The molecular weight excluding hydrogens is 538 g/mol. The van der Waals surface area contributed by atoms with Crippen molar-refractivity contribution >= 4 is 27.9 Å². The Kier molecular flexibility index (Phi) is 7.59. The number of pyridine rings is 1. The van der Waals surface area contributed by atoms with Gasteiger partial charge in [0, 0.05) is 39.3 Å². The number of fused-ring (bicyclic) bond motifs is 2. The lowest BCUT2D eigenvalue weighted by Gasteiger charge is -2.24. The first kappa shape index (κ1) is 28.0. The van der Waals surface area contributed by atoms with Gasteiger partial charge in [0.15, 0.2) is 0 Å². The van der Waals surface area contributed by atoms with Gasteiger partial charge in [-0.1, -0.05) is 54.6 Å². The molecule has 0 saturated heterocycles. The second-order valence-corrected chi connectivity index (χ2v) is 11.7. The van der Waals surface area contributed by atoms with Gasteiger partial charge in [-0.05, 0) is 69.5 Å². The molecule has 0 aliphatic rings. The molecule has 0 spiro atoms. The molecule has 218 valence electrons. The molecule has 6 aromatic rings. The zero-order valence-corrected chi connectivity index (χ0v) is 24.8. The Morgan fingerprint density at radius 1 is 0.953 bits per heavy atom. The van der Waals surface area contributed by atoms with Crippen LogP contribution in [0.5, 0.6) is 5.75 Å². The first-order valence-corrected chi connectivity index (χ1v) is 14.4. The number of ether oxygens (including phenoxy) is 2. The second kappa shape index (κ2) is 11.6. The largest absolute Gasteiger partial charge is 0.490 e. The molecule has 43 heavy (non-hydrogen) atoms. The van der Waals surface area contributed by atoms with Crippen LogP contribution in [0.3, 0.4) is 0 Å². The van der Waals surface area contributed by atoms with Crippen molar-refractivity contribution in [1.82, 2.24) is 25.5 Å². The van der Waals surface area contributed by atoms with E-state index < -0.39 is 11.7 Å². The lowest BCUT2D eigenvalue weighted by atomic mass is 9.98.